The number of amides is 3. The first-order valence-corrected chi connectivity index (χ1v) is 8.54. The van der Waals surface area contributed by atoms with E-state index in [4.69, 9.17) is 11.6 Å². The summed E-state index contributed by atoms with van der Waals surface area (Å²) in [4.78, 5) is 35.3. The van der Waals surface area contributed by atoms with Crippen LogP contribution >= 0.6 is 11.6 Å². The fourth-order valence-corrected chi connectivity index (χ4v) is 2.31. The highest BCUT2D eigenvalue weighted by molar-refractivity contribution is 6.35. The van der Waals surface area contributed by atoms with Crippen LogP contribution < -0.4 is 16.1 Å². The van der Waals surface area contributed by atoms with Crippen LogP contribution in [0.2, 0.25) is 5.02 Å². The Hall–Kier alpha value is -3.19. The van der Waals surface area contributed by atoms with E-state index in [0.29, 0.717) is 21.8 Å². The van der Waals surface area contributed by atoms with Gasteiger partial charge in [-0.05, 0) is 43.7 Å². The standard InChI is InChI=1S/C19H19ClN4O3/c1-12(2)22-18(26)19(27)24-21-11-13-6-5-7-14(10-13)23-17(25)15-8-3-4-9-16(15)20/h3-12H,1-2H3,(H,22,26)(H,23,25)(H,24,27)/b21-11-. The number of hydrogen-bond acceptors (Lipinski definition) is 4. The quantitative estimate of drug-likeness (QED) is 0.418. The lowest BCUT2D eigenvalue weighted by atomic mass is 10.2. The molecule has 0 heterocycles. The molecule has 27 heavy (non-hydrogen) atoms. The maximum absolute atomic E-state index is 12.3. The van der Waals surface area contributed by atoms with Crippen molar-refractivity contribution in [1.29, 1.82) is 0 Å². The van der Waals surface area contributed by atoms with E-state index in [0.717, 1.165) is 0 Å². The normalized spacial score (nSPS) is 10.7. The topological polar surface area (TPSA) is 99.7 Å². The molecule has 2 rings (SSSR count). The van der Waals surface area contributed by atoms with Crippen LogP contribution in [-0.4, -0.2) is 30.0 Å². The molecule has 0 unspecified atom stereocenters. The Bertz CT molecular complexity index is 881. The van der Waals surface area contributed by atoms with E-state index in [1.165, 1.54) is 6.21 Å². The second-order valence-electron chi connectivity index (χ2n) is 5.89. The van der Waals surface area contributed by atoms with Gasteiger partial charge in [0.25, 0.3) is 5.91 Å². The zero-order valence-electron chi connectivity index (χ0n) is 14.8. The monoisotopic (exact) mass is 386 g/mol. The summed E-state index contributed by atoms with van der Waals surface area (Å²) in [7, 11) is 0. The Morgan fingerprint density at radius 3 is 2.48 bits per heavy atom. The van der Waals surface area contributed by atoms with Crippen LogP contribution in [0.3, 0.4) is 0 Å². The molecule has 0 aliphatic rings. The minimum Gasteiger partial charge on any atom is -0.346 e. The summed E-state index contributed by atoms with van der Waals surface area (Å²) >= 11 is 6.02. The second kappa shape index (κ2) is 9.49. The molecule has 0 bridgehead atoms. The summed E-state index contributed by atoms with van der Waals surface area (Å²) in [6.45, 7) is 3.49. The molecule has 0 atom stereocenters. The average Bonchev–Trinajstić information content (AvgIpc) is 2.61. The van der Waals surface area contributed by atoms with Crippen LogP contribution in [-0.2, 0) is 9.59 Å². The number of carbonyl (C=O) groups excluding carboxylic acids is 3. The number of hydrogen-bond donors (Lipinski definition) is 3. The minimum atomic E-state index is -0.858. The van der Waals surface area contributed by atoms with E-state index >= 15 is 0 Å². The van der Waals surface area contributed by atoms with Gasteiger partial charge >= 0.3 is 11.8 Å². The molecule has 140 valence electrons. The van der Waals surface area contributed by atoms with Gasteiger partial charge < -0.3 is 10.6 Å². The van der Waals surface area contributed by atoms with Crippen molar-refractivity contribution in [2.24, 2.45) is 5.10 Å². The van der Waals surface area contributed by atoms with Gasteiger partial charge in [-0.1, -0.05) is 35.9 Å². The van der Waals surface area contributed by atoms with Gasteiger partial charge in [0.05, 0.1) is 16.8 Å². The zero-order valence-corrected chi connectivity index (χ0v) is 15.6. The summed E-state index contributed by atoms with van der Waals surface area (Å²) < 4.78 is 0. The molecule has 0 aromatic heterocycles. The van der Waals surface area contributed by atoms with E-state index in [-0.39, 0.29) is 11.9 Å². The predicted octanol–water partition coefficient (Wildman–Crippen LogP) is 2.57. The van der Waals surface area contributed by atoms with Gasteiger partial charge in [0.1, 0.15) is 0 Å². The lowest BCUT2D eigenvalue weighted by Gasteiger charge is -2.07. The molecule has 0 saturated carbocycles. The van der Waals surface area contributed by atoms with E-state index in [1.54, 1.807) is 62.4 Å². The minimum absolute atomic E-state index is 0.148. The first kappa shape index (κ1) is 20.1. The lowest BCUT2D eigenvalue weighted by Crippen LogP contribution is -2.41. The van der Waals surface area contributed by atoms with Crippen molar-refractivity contribution in [3.63, 3.8) is 0 Å². The smallest absolute Gasteiger partial charge is 0.329 e. The highest BCUT2D eigenvalue weighted by Crippen LogP contribution is 2.17. The van der Waals surface area contributed by atoms with Crippen molar-refractivity contribution >= 4 is 41.2 Å². The van der Waals surface area contributed by atoms with Gasteiger partial charge in [-0.3, -0.25) is 14.4 Å². The molecule has 0 spiro atoms. The molecule has 0 fully saturated rings. The van der Waals surface area contributed by atoms with Gasteiger partial charge in [0.15, 0.2) is 0 Å². The third-order valence-electron chi connectivity index (χ3n) is 3.27. The molecule has 2 aromatic carbocycles. The number of carbonyl (C=O) groups is 3. The van der Waals surface area contributed by atoms with Crippen LogP contribution in [0.1, 0.15) is 29.8 Å². The Kier molecular flexibility index (Phi) is 7.08. The summed E-state index contributed by atoms with van der Waals surface area (Å²) in [6, 6.07) is 13.4. The van der Waals surface area contributed by atoms with E-state index in [9.17, 15) is 14.4 Å². The van der Waals surface area contributed by atoms with Crippen molar-refractivity contribution in [2.45, 2.75) is 19.9 Å². The zero-order chi connectivity index (χ0) is 19.8. The fraction of sp³-hybridized carbons (Fsp3) is 0.158. The molecule has 0 aliphatic carbocycles. The van der Waals surface area contributed by atoms with Gasteiger partial charge in [-0.25, -0.2) is 5.43 Å². The Balaban J connectivity index is 1.99. The molecule has 7 nitrogen and oxygen atoms in total. The molecule has 0 saturated heterocycles. The van der Waals surface area contributed by atoms with Crippen LogP contribution in [0.15, 0.2) is 53.6 Å². The summed E-state index contributed by atoms with van der Waals surface area (Å²) in [6.07, 6.45) is 1.37. The van der Waals surface area contributed by atoms with Crippen molar-refractivity contribution in [3.05, 3.63) is 64.7 Å². The number of anilines is 1. The van der Waals surface area contributed by atoms with Crippen molar-refractivity contribution in [2.75, 3.05) is 5.32 Å². The molecular formula is C19H19ClN4O3. The Morgan fingerprint density at radius 1 is 1.04 bits per heavy atom. The Morgan fingerprint density at radius 2 is 1.78 bits per heavy atom. The maximum atomic E-state index is 12.3. The lowest BCUT2D eigenvalue weighted by molar-refractivity contribution is -0.139. The number of nitrogens with one attached hydrogen (secondary N) is 3. The van der Waals surface area contributed by atoms with Crippen LogP contribution in [0, 0.1) is 0 Å². The second-order valence-corrected chi connectivity index (χ2v) is 6.29. The average molecular weight is 387 g/mol. The highest BCUT2D eigenvalue weighted by Gasteiger charge is 2.13. The van der Waals surface area contributed by atoms with Gasteiger partial charge in [-0.2, -0.15) is 5.10 Å². The predicted molar refractivity (Wildman–Crippen MR) is 105 cm³/mol. The number of halogens is 1. The van der Waals surface area contributed by atoms with Crippen molar-refractivity contribution < 1.29 is 14.4 Å². The highest BCUT2D eigenvalue weighted by atomic mass is 35.5. The number of rotatable bonds is 5. The molecule has 3 N–H and O–H groups in total. The number of nitrogens with zero attached hydrogens (tertiary/aromatic N) is 1. The van der Waals surface area contributed by atoms with Crippen LogP contribution in [0.25, 0.3) is 0 Å². The van der Waals surface area contributed by atoms with E-state index in [2.05, 4.69) is 21.2 Å². The van der Waals surface area contributed by atoms with Gasteiger partial charge in [0, 0.05) is 11.7 Å². The molecule has 0 radical (unpaired) electrons. The van der Waals surface area contributed by atoms with Gasteiger partial charge in [-0.15, -0.1) is 0 Å². The molecule has 0 aliphatic heterocycles. The number of benzene rings is 2. The molecule has 3 amide bonds. The SMILES string of the molecule is CC(C)NC(=O)C(=O)N/N=C\c1cccc(NC(=O)c2ccccc2Cl)c1. The third-order valence-corrected chi connectivity index (χ3v) is 3.60. The first-order chi connectivity index (χ1) is 12.9. The molecule has 2 aromatic rings. The van der Waals surface area contributed by atoms with Crippen LogP contribution in [0.4, 0.5) is 5.69 Å². The first-order valence-electron chi connectivity index (χ1n) is 8.16. The summed E-state index contributed by atoms with van der Waals surface area (Å²) in [5.41, 5.74) is 3.66. The molecule has 8 heteroatoms. The van der Waals surface area contributed by atoms with Crippen molar-refractivity contribution in [3.8, 4) is 0 Å². The third kappa shape index (κ3) is 6.23. The summed E-state index contributed by atoms with van der Waals surface area (Å²) in [5.74, 6) is -1.96. The van der Waals surface area contributed by atoms with Gasteiger partial charge in [0.2, 0.25) is 0 Å². The van der Waals surface area contributed by atoms with E-state index in [1.807, 2.05) is 0 Å². The fourth-order valence-electron chi connectivity index (χ4n) is 2.08. The van der Waals surface area contributed by atoms with Crippen LogP contribution in [0.5, 0.6) is 0 Å². The number of hydrazone groups is 1. The van der Waals surface area contributed by atoms with E-state index < -0.39 is 11.8 Å². The Labute approximate surface area is 161 Å². The largest absolute Gasteiger partial charge is 0.346 e. The maximum Gasteiger partial charge on any atom is 0.329 e. The molecular weight excluding hydrogens is 368 g/mol. The van der Waals surface area contributed by atoms with Crippen molar-refractivity contribution in [1.82, 2.24) is 10.7 Å². The summed E-state index contributed by atoms with van der Waals surface area (Å²) in [5, 5.41) is 9.30.